The molecule has 1 aliphatic carbocycles. The van der Waals surface area contributed by atoms with E-state index in [0.29, 0.717) is 12.1 Å². The molecule has 1 aliphatic heterocycles. The number of methoxy groups -OCH3 is 1. The molecule has 0 spiro atoms. The van der Waals surface area contributed by atoms with Crippen molar-refractivity contribution in [3.63, 3.8) is 0 Å². The van der Waals surface area contributed by atoms with Crippen LogP contribution in [0.5, 0.6) is 0 Å². The molecule has 1 saturated heterocycles. The first-order valence-corrected chi connectivity index (χ1v) is 8.45. The Kier molecular flexibility index (Phi) is 5.14. The maximum Gasteiger partial charge on any atom is 0.323 e. The van der Waals surface area contributed by atoms with Crippen molar-refractivity contribution in [3.05, 3.63) is 35.6 Å². The molecule has 0 aromatic heterocycles. The van der Waals surface area contributed by atoms with Crippen molar-refractivity contribution in [1.29, 1.82) is 0 Å². The number of benzene rings is 1. The van der Waals surface area contributed by atoms with Crippen molar-refractivity contribution in [2.75, 3.05) is 20.2 Å². The van der Waals surface area contributed by atoms with Crippen LogP contribution in [0, 0.1) is 5.82 Å². The molecule has 5 nitrogen and oxygen atoms in total. The fourth-order valence-electron chi connectivity index (χ4n) is 3.30. The molecule has 1 atom stereocenters. The highest BCUT2D eigenvalue weighted by atomic mass is 19.1. The molecule has 130 valence electrons. The summed E-state index contributed by atoms with van der Waals surface area (Å²) in [6.07, 6.45) is 3.52. The molecule has 1 aromatic carbocycles. The Hall–Kier alpha value is -1.95. The molecule has 1 aromatic rings. The summed E-state index contributed by atoms with van der Waals surface area (Å²) in [5.74, 6) is -0.617. The van der Waals surface area contributed by atoms with Gasteiger partial charge >= 0.3 is 5.97 Å². The number of nitrogens with zero attached hydrogens (tertiary/aromatic N) is 2. The quantitative estimate of drug-likeness (QED) is 0.746. The second kappa shape index (κ2) is 7.30. The zero-order valence-electron chi connectivity index (χ0n) is 13.9. The lowest BCUT2D eigenvalue weighted by molar-refractivity contribution is -0.147. The van der Waals surface area contributed by atoms with Crippen LogP contribution in [0.15, 0.2) is 24.3 Å². The summed E-state index contributed by atoms with van der Waals surface area (Å²) in [6, 6.07) is 6.41. The summed E-state index contributed by atoms with van der Waals surface area (Å²) in [6.45, 7) is 1.18. The van der Waals surface area contributed by atoms with Gasteiger partial charge < -0.3 is 9.64 Å². The number of ether oxygens (including phenoxy) is 1. The minimum Gasteiger partial charge on any atom is -0.468 e. The number of esters is 1. The van der Waals surface area contributed by atoms with Gasteiger partial charge in [0.05, 0.1) is 13.7 Å². The number of halogens is 1. The maximum absolute atomic E-state index is 13.9. The average molecular weight is 334 g/mol. The molecule has 3 rings (SSSR count). The van der Waals surface area contributed by atoms with E-state index >= 15 is 0 Å². The molecular weight excluding hydrogens is 311 g/mol. The number of carbonyl (C=O) groups is 2. The van der Waals surface area contributed by atoms with Gasteiger partial charge in [-0.2, -0.15) is 0 Å². The fourth-order valence-corrected chi connectivity index (χ4v) is 3.30. The van der Waals surface area contributed by atoms with E-state index in [0.717, 1.165) is 25.7 Å². The van der Waals surface area contributed by atoms with Crippen LogP contribution in [0.4, 0.5) is 4.39 Å². The van der Waals surface area contributed by atoms with Crippen molar-refractivity contribution in [3.8, 4) is 0 Å². The highest BCUT2D eigenvalue weighted by molar-refractivity contribution is 5.81. The topological polar surface area (TPSA) is 49.9 Å². The highest BCUT2D eigenvalue weighted by Crippen LogP contribution is 2.29. The number of carbonyl (C=O) groups excluding carboxylic acids is 2. The molecule has 1 saturated carbocycles. The van der Waals surface area contributed by atoms with E-state index < -0.39 is 0 Å². The number of rotatable bonds is 6. The van der Waals surface area contributed by atoms with Crippen LogP contribution in [0.3, 0.4) is 0 Å². The largest absolute Gasteiger partial charge is 0.468 e. The number of hydrogen-bond donors (Lipinski definition) is 0. The van der Waals surface area contributed by atoms with Crippen LogP contribution in [0.2, 0.25) is 0 Å². The van der Waals surface area contributed by atoms with Crippen LogP contribution < -0.4 is 0 Å². The molecule has 24 heavy (non-hydrogen) atoms. The van der Waals surface area contributed by atoms with Gasteiger partial charge in [0.2, 0.25) is 5.91 Å². The molecule has 0 N–H and O–H groups in total. The van der Waals surface area contributed by atoms with Crippen LogP contribution in [-0.4, -0.2) is 54.0 Å². The van der Waals surface area contributed by atoms with E-state index in [1.54, 1.807) is 23.1 Å². The highest BCUT2D eigenvalue weighted by Gasteiger charge is 2.37. The van der Waals surface area contributed by atoms with Crippen LogP contribution in [0.25, 0.3) is 0 Å². The second-order valence-corrected chi connectivity index (χ2v) is 6.50. The first-order chi connectivity index (χ1) is 11.6. The van der Waals surface area contributed by atoms with Gasteiger partial charge in [-0.15, -0.1) is 0 Å². The fraction of sp³-hybridized carbons (Fsp3) is 0.556. The minimum absolute atomic E-state index is 0.0449. The number of hydrogen-bond acceptors (Lipinski definition) is 4. The minimum atomic E-state index is -0.339. The van der Waals surface area contributed by atoms with Crippen LogP contribution in [0.1, 0.15) is 31.2 Å². The molecule has 0 radical (unpaired) electrons. The lowest BCUT2D eigenvalue weighted by atomic mass is 10.2. The first-order valence-electron chi connectivity index (χ1n) is 8.45. The van der Waals surface area contributed by atoms with Gasteiger partial charge in [0.15, 0.2) is 0 Å². The predicted molar refractivity (Wildman–Crippen MR) is 86.6 cm³/mol. The Morgan fingerprint density at radius 2 is 2.04 bits per heavy atom. The third-order valence-electron chi connectivity index (χ3n) is 4.78. The number of amides is 1. The van der Waals surface area contributed by atoms with Gasteiger partial charge in [0, 0.05) is 18.2 Å². The molecule has 1 heterocycles. The van der Waals surface area contributed by atoms with E-state index in [2.05, 4.69) is 0 Å². The van der Waals surface area contributed by atoms with Gasteiger partial charge in [0.25, 0.3) is 0 Å². The van der Waals surface area contributed by atoms with Gasteiger partial charge in [-0.3, -0.25) is 14.5 Å². The van der Waals surface area contributed by atoms with Crippen molar-refractivity contribution >= 4 is 11.9 Å². The van der Waals surface area contributed by atoms with Crippen LogP contribution >= 0.6 is 0 Å². The second-order valence-electron chi connectivity index (χ2n) is 6.50. The monoisotopic (exact) mass is 334 g/mol. The predicted octanol–water partition coefficient (Wildman–Crippen LogP) is 1.95. The molecule has 1 unspecified atom stereocenters. The average Bonchev–Trinajstić information content (AvgIpc) is 3.32. The SMILES string of the molecule is COC(=O)C1CCCN1CC(=O)N(Cc1ccccc1F)C1CC1. The van der Waals surface area contributed by atoms with Gasteiger partial charge in [0.1, 0.15) is 11.9 Å². The third kappa shape index (κ3) is 3.75. The molecule has 6 heteroatoms. The summed E-state index contributed by atoms with van der Waals surface area (Å²) in [7, 11) is 1.37. The van der Waals surface area contributed by atoms with Crippen molar-refractivity contribution in [1.82, 2.24) is 9.80 Å². The Balaban J connectivity index is 1.67. The van der Waals surface area contributed by atoms with E-state index in [9.17, 15) is 14.0 Å². The summed E-state index contributed by atoms with van der Waals surface area (Å²) >= 11 is 0. The first kappa shape index (κ1) is 16.9. The molecule has 2 fully saturated rings. The lowest BCUT2D eigenvalue weighted by Gasteiger charge is -2.27. The summed E-state index contributed by atoms with van der Waals surface area (Å²) in [5, 5.41) is 0. The summed E-state index contributed by atoms with van der Waals surface area (Å²) < 4.78 is 18.7. The van der Waals surface area contributed by atoms with E-state index in [1.165, 1.54) is 13.2 Å². The Morgan fingerprint density at radius 1 is 1.29 bits per heavy atom. The van der Waals surface area contributed by atoms with E-state index in [4.69, 9.17) is 4.74 Å². The molecule has 0 bridgehead atoms. The van der Waals surface area contributed by atoms with Gasteiger partial charge in [-0.25, -0.2) is 4.39 Å². The Labute approximate surface area is 141 Å². The Morgan fingerprint density at radius 3 is 2.71 bits per heavy atom. The smallest absolute Gasteiger partial charge is 0.323 e. The van der Waals surface area contributed by atoms with Crippen LogP contribution in [-0.2, 0) is 20.9 Å². The van der Waals surface area contributed by atoms with Crippen molar-refractivity contribution in [2.45, 2.75) is 44.3 Å². The van der Waals surface area contributed by atoms with Gasteiger partial charge in [-0.1, -0.05) is 18.2 Å². The molecule has 1 amide bonds. The molecular formula is C18H23FN2O3. The summed E-state index contributed by atoms with van der Waals surface area (Å²) in [5.41, 5.74) is 0.531. The summed E-state index contributed by atoms with van der Waals surface area (Å²) in [4.78, 5) is 28.2. The third-order valence-corrected chi connectivity index (χ3v) is 4.78. The normalized spacial score (nSPS) is 20.8. The zero-order chi connectivity index (χ0) is 17.1. The van der Waals surface area contributed by atoms with Crippen molar-refractivity contribution < 1.29 is 18.7 Å². The Bertz CT molecular complexity index is 618. The standard InChI is InChI=1S/C18H23FN2O3/c1-24-18(23)16-7-4-10-20(16)12-17(22)21(14-8-9-14)11-13-5-2-3-6-15(13)19/h2-3,5-6,14,16H,4,7-12H2,1H3. The number of likely N-dealkylation sites (tertiary alicyclic amines) is 1. The van der Waals surface area contributed by atoms with E-state index in [-0.39, 0.29) is 42.9 Å². The maximum atomic E-state index is 13.9. The van der Waals surface area contributed by atoms with Gasteiger partial charge in [-0.05, 0) is 38.3 Å². The van der Waals surface area contributed by atoms with Crippen molar-refractivity contribution in [2.24, 2.45) is 0 Å². The lowest BCUT2D eigenvalue weighted by Crippen LogP contribution is -2.45. The molecule has 2 aliphatic rings. The van der Waals surface area contributed by atoms with E-state index in [1.807, 2.05) is 4.90 Å². The zero-order valence-corrected chi connectivity index (χ0v) is 13.9.